The maximum Gasteiger partial charge on any atom is 0.154 e. The summed E-state index contributed by atoms with van der Waals surface area (Å²) < 4.78 is 5.34. The normalized spacial score (nSPS) is 11.3. The number of hydrogen-bond donors (Lipinski definition) is 0. The third kappa shape index (κ3) is 2.20. The summed E-state index contributed by atoms with van der Waals surface area (Å²) in [6.45, 7) is 8.23. The molecule has 0 aliphatic rings. The average molecular weight is 206 g/mol. The van der Waals surface area contributed by atoms with E-state index in [0.29, 0.717) is 11.3 Å². The van der Waals surface area contributed by atoms with Gasteiger partial charge in [-0.05, 0) is 17.9 Å². The summed E-state index contributed by atoms with van der Waals surface area (Å²) in [6.07, 6.45) is 0.864. The van der Waals surface area contributed by atoms with Gasteiger partial charge in [0.1, 0.15) is 5.75 Å². The van der Waals surface area contributed by atoms with Crippen molar-refractivity contribution in [2.45, 2.75) is 33.1 Å². The second-order valence-corrected chi connectivity index (χ2v) is 4.74. The molecule has 0 fully saturated rings. The Hall–Kier alpha value is -1.31. The van der Waals surface area contributed by atoms with E-state index in [1.54, 1.807) is 7.11 Å². The van der Waals surface area contributed by atoms with Crippen LogP contribution in [-0.4, -0.2) is 13.4 Å². The summed E-state index contributed by atoms with van der Waals surface area (Å²) in [7, 11) is 1.61. The Kier molecular flexibility index (Phi) is 3.18. The molecule has 1 rings (SSSR count). The minimum absolute atomic E-state index is 0.0171. The van der Waals surface area contributed by atoms with Gasteiger partial charge in [-0.2, -0.15) is 0 Å². The van der Waals surface area contributed by atoms with E-state index in [1.165, 1.54) is 0 Å². The standard InChI is InChI=1S/C13H18O2/c1-9-6-7-11(13(2,3)4)12(15-5)10(9)8-14/h6-8H,1-5H3. The van der Waals surface area contributed by atoms with Crippen LogP contribution in [0.3, 0.4) is 0 Å². The van der Waals surface area contributed by atoms with E-state index in [-0.39, 0.29) is 5.41 Å². The second-order valence-electron chi connectivity index (χ2n) is 4.74. The summed E-state index contributed by atoms with van der Waals surface area (Å²) >= 11 is 0. The number of aryl methyl sites for hydroxylation is 1. The zero-order chi connectivity index (χ0) is 11.6. The third-order valence-corrected chi connectivity index (χ3v) is 2.54. The van der Waals surface area contributed by atoms with E-state index in [9.17, 15) is 4.79 Å². The fourth-order valence-electron chi connectivity index (χ4n) is 1.65. The van der Waals surface area contributed by atoms with E-state index in [2.05, 4.69) is 20.8 Å². The summed E-state index contributed by atoms with van der Waals surface area (Å²) in [5.74, 6) is 0.706. The van der Waals surface area contributed by atoms with E-state index in [0.717, 1.165) is 17.4 Å². The maximum absolute atomic E-state index is 11.0. The molecule has 0 saturated heterocycles. The molecule has 0 aromatic heterocycles. The lowest BCUT2D eigenvalue weighted by atomic mass is 9.84. The van der Waals surface area contributed by atoms with Crippen LogP contribution in [0.2, 0.25) is 0 Å². The highest BCUT2D eigenvalue weighted by molar-refractivity contribution is 5.82. The predicted molar refractivity (Wildman–Crippen MR) is 61.8 cm³/mol. The number of aldehydes is 1. The molecule has 1 aromatic carbocycles. The Morgan fingerprint density at radius 1 is 1.27 bits per heavy atom. The fourth-order valence-corrected chi connectivity index (χ4v) is 1.65. The molecule has 0 aliphatic carbocycles. The van der Waals surface area contributed by atoms with Crippen molar-refractivity contribution >= 4 is 6.29 Å². The van der Waals surface area contributed by atoms with Crippen LogP contribution in [0.25, 0.3) is 0 Å². The molecule has 0 atom stereocenters. The van der Waals surface area contributed by atoms with Crippen LogP contribution in [0.5, 0.6) is 5.75 Å². The van der Waals surface area contributed by atoms with Gasteiger partial charge >= 0.3 is 0 Å². The van der Waals surface area contributed by atoms with Crippen molar-refractivity contribution in [2.75, 3.05) is 7.11 Å². The van der Waals surface area contributed by atoms with Crippen LogP contribution in [0.4, 0.5) is 0 Å². The topological polar surface area (TPSA) is 26.3 Å². The van der Waals surface area contributed by atoms with Gasteiger partial charge in [0, 0.05) is 5.56 Å². The SMILES string of the molecule is COc1c(C(C)(C)C)ccc(C)c1C=O. The molecule has 0 amide bonds. The van der Waals surface area contributed by atoms with Crippen molar-refractivity contribution in [3.8, 4) is 5.75 Å². The Labute approximate surface area is 91.3 Å². The number of carbonyl (C=O) groups excluding carboxylic acids is 1. The van der Waals surface area contributed by atoms with Crippen molar-refractivity contribution in [1.82, 2.24) is 0 Å². The smallest absolute Gasteiger partial charge is 0.154 e. The average Bonchev–Trinajstić information content (AvgIpc) is 2.15. The van der Waals surface area contributed by atoms with Crippen molar-refractivity contribution in [3.63, 3.8) is 0 Å². The molecule has 0 heterocycles. The van der Waals surface area contributed by atoms with Crippen molar-refractivity contribution in [3.05, 3.63) is 28.8 Å². The maximum atomic E-state index is 11.0. The summed E-state index contributed by atoms with van der Waals surface area (Å²) in [5.41, 5.74) is 2.66. The Bertz CT molecular complexity index is 373. The summed E-state index contributed by atoms with van der Waals surface area (Å²) in [5, 5.41) is 0. The van der Waals surface area contributed by atoms with Crippen LogP contribution < -0.4 is 4.74 Å². The first-order valence-corrected chi connectivity index (χ1v) is 5.05. The molecule has 1 aromatic rings. The highest BCUT2D eigenvalue weighted by Crippen LogP contribution is 2.34. The molecular weight excluding hydrogens is 188 g/mol. The Morgan fingerprint density at radius 2 is 1.87 bits per heavy atom. The summed E-state index contributed by atoms with van der Waals surface area (Å²) in [6, 6.07) is 3.99. The number of hydrogen-bond acceptors (Lipinski definition) is 2. The molecule has 2 heteroatoms. The molecule has 15 heavy (non-hydrogen) atoms. The van der Waals surface area contributed by atoms with Gasteiger partial charge < -0.3 is 4.74 Å². The van der Waals surface area contributed by atoms with Crippen LogP contribution in [0, 0.1) is 6.92 Å². The zero-order valence-corrected chi connectivity index (χ0v) is 10.0. The quantitative estimate of drug-likeness (QED) is 0.695. The van der Waals surface area contributed by atoms with Crippen LogP contribution in [0.1, 0.15) is 42.3 Å². The number of carbonyl (C=O) groups is 1. The van der Waals surface area contributed by atoms with Gasteiger partial charge in [-0.3, -0.25) is 4.79 Å². The van der Waals surface area contributed by atoms with Gasteiger partial charge in [0.15, 0.2) is 6.29 Å². The number of rotatable bonds is 2. The molecule has 0 saturated carbocycles. The van der Waals surface area contributed by atoms with Gasteiger partial charge in [0.2, 0.25) is 0 Å². The van der Waals surface area contributed by atoms with E-state index >= 15 is 0 Å². The molecule has 82 valence electrons. The molecule has 2 nitrogen and oxygen atoms in total. The third-order valence-electron chi connectivity index (χ3n) is 2.54. The van der Waals surface area contributed by atoms with Crippen LogP contribution in [-0.2, 0) is 5.41 Å². The first-order valence-electron chi connectivity index (χ1n) is 5.05. The second kappa shape index (κ2) is 4.05. The molecule has 0 spiro atoms. The Balaban J connectivity index is 3.49. The Morgan fingerprint density at radius 3 is 2.27 bits per heavy atom. The minimum Gasteiger partial charge on any atom is -0.496 e. The van der Waals surface area contributed by atoms with Crippen LogP contribution >= 0.6 is 0 Å². The molecule has 0 unspecified atom stereocenters. The molecule has 0 bridgehead atoms. The van der Waals surface area contributed by atoms with Gasteiger partial charge in [-0.1, -0.05) is 32.9 Å². The molecule has 0 N–H and O–H groups in total. The lowest BCUT2D eigenvalue weighted by Gasteiger charge is -2.23. The summed E-state index contributed by atoms with van der Waals surface area (Å²) in [4.78, 5) is 11.0. The lowest BCUT2D eigenvalue weighted by Crippen LogP contribution is -2.14. The van der Waals surface area contributed by atoms with Crippen LogP contribution in [0.15, 0.2) is 12.1 Å². The van der Waals surface area contributed by atoms with Gasteiger partial charge in [0.05, 0.1) is 12.7 Å². The van der Waals surface area contributed by atoms with Gasteiger partial charge in [0.25, 0.3) is 0 Å². The largest absolute Gasteiger partial charge is 0.496 e. The highest BCUT2D eigenvalue weighted by Gasteiger charge is 2.21. The predicted octanol–water partition coefficient (Wildman–Crippen LogP) is 3.11. The van der Waals surface area contributed by atoms with E-state index < -0.39 is 0 Å². The van der Waals surface area contributed by atoms with Crippen molar-refractivity contribution in [1.29, 1.82) is 0 Å². The molecule has 0 radical (unpaired) electrons. The molecular formula is C13H18O2. The zero-order valence-electron chi connectivity index (χ0n) is 10.0. The van der Waals surface area contributed by atoms with E-state index in [1.807, 2.05) is 19.1 Å². The lowest BCUT2D eigenvalue weighted by molar-refractivity contribution is 0.111. The number of ether oxygens (including phenoxy) is 1. The number of benzene rings is 1. The monoisotopic (exact) mass is 206 g/mol. The van der Waals surface area contributed by atoms with Crippen molar-refractivity contribution < 1.29 is 9.53 Å². The first kappa shape index (κ1) is 11.8. The highest BCUT2D eigenvalue weighted by atomic mass is 16.5. The first-order chi connectivity index (χ1) is 6.91. The van der Waals surface area contributed by atoms with Crippen molar-refractivity contribution in [2.24, 2.45) is 0 Å². The van der Waals surface area contributed by atoms with Gasteiger partial charge in [-0.25, -0.2) is 0 Å². The van der Waals surface area contributed by atoms with Gasteiger partial charge in [-0.15, -0.1) is 0 Å². The molecule has 0 aliphatic heterocycles. The number of methoxy groups -OCH3 is 1. The van der Waals surface area contributed by atoms with E-state index in [4.69, 9.17) is 4.74 Å². The minimum atomic E-state index is -0.0171. The fraction of sp³-hybridized carbons (Fsp3) is 0.462.